The van der Waals surface area contributed by atoms with Gasteiger partial charge in [-0.2, -0.15) is 0 Å². The van der Waals surface area contributed by atoms with Crippen LogP contribution in [0, 0.1) is 5.92 Å². The molecule has 2 heterocycles. The topological polar surface area (TPSA) is 103 Å². The lowest BCUT2D eigenvalue weighted by atomic mass is 9.93. The van der Waals surface area contributed by atoms with Crippen molar-refractivity contribution in [3.8, 4) is 5.75 Å². The molecule has 7 nitrogen and oxygen atoms in total. The number of para-hydroxylation sites is 1. The molecule has 1 aromatic heterocycles. The van der Waals surface area contributed by atoms with Crippen LogP contribution in [-0.2, 0) is 22.2 Å². The minimum Gasteiger partial charge on any atom is -0.494 e. The number of nitrogens with one attached hydrogen (secondary N) is 3. The largest absolute Gasteiger partial charge is 0.494 e. The van der Waals surface area contributed by atoms with Crippen LogP contribution >= 0.6 is 7.29 Å². The first-order valence-electron chi connectivity index (χ1n) is 15.0. The first-order chi connectivity index (χ1) is 19.5. The van der Waals surface area contributed by atoms with Crippen LogP contribution in [0.15, 0.2) is 54.7 Å². The van der Waals surface area contributed by atoms with E-state index in [1.165, 1.54) is 36.6 Å². The average Bonchev–Trinajstić information content (AvgIpc) is 3.37. The van der Waals surface area contributed by atoms with Crippen molar-refractivity contribution in [3.05, 3.63) is 65.9 Å². The van der Waals surface area contributed by atoms with Gasteiger partial charge in [-0.1, -0.05) is 43.7 Å². The third-order valence-corrected chi connectivity index (χ3v) is 11.0. The first-order valence-corrected chi connectivity index (χ1v) is 17.1. The molecule has 2 unspecified atom stereocenters. The third kappa shape index (κ3) is 9.22. The van der Waals surface area contributed by atoms with Crippen LogP contribution in [0.25, 0.3) is 10.9 Å². The Bertz CT molecular complexity index is 1240. The third-order valence-electron chi connectivity index (χ3n) is 8.01. The van der Waals surface area contributed by atoms with Crippen molar-refractivity contribution in [2.45, 2.75) is 70.8 Å². The molecule has 0 saturated carbocycles. The van der Waals surface area contributed by atoms with Gasteiger partial charge in [0, 0.05) is 29.4 Å². The van der Waals surface area contributed by atoms with Crippen LogP contribution in [0.3, 0.4) is 0 Å². The summed E-state index contributed by atoms with van der Waals surface area (Å²) >= 11 is 0. The van der Waals surface area contributed by atoms with Gasteiger partial charge in [0.2, 0.25) is 0 Å². The fourth-order valence-electron chi connectivity index (χ4n) is 5.79. The zero-order chi connectivity index (χ0) is 28.2. The number of benzene rings is 2. The number of carboxylic acids is 1. The summed E-state index contributed by atoms with van der Waals surface area (Å²) in [6.07, 6.45) is 11.6. The van der Waals surface area contributed by atoms with Gasteiger partial charge in [0.1, 0.15) is 19.1 Å². The molecule has 2 atom stereocenters. The molecular formula is C32H46N3O4P. The molecule has 40 heavy (non-hydrogen) atoms. The number of carboxylic acid groups (broad SMARTS) is 1. The second-order valence-electron chi connectivity index (χ2n) is 11.2. The molecule has 4 N–H and O–H groups in total. The Morgan fingerprint density at radius 3 is 2.60 bits per heavy atom. The summed E-state index contributed by atoms with van der Waals surface area (Å²) in [6.45, 7) is 4.99. The molecule has 1 aliphatic heterocycles. The second-order valence-corrected chi connectivity index (χ2v) is 14.1. The van der Waals surface area contributed by atoms with Gasteiger partial charge in [-0.25, -0.2) is 0 Å². The van der Waals surface area contributed by atoms with E-state index in [0.29, 0.717) is 18.9 Å². The summed E-state index contributed by atoms with van der Waals surface area (Å²) in [7, 11) is -2.86. The van der Waals surface area contributed by atoms with Gasteiger partial charge in [-0.3, -0.25) is 9.88 Å². The quantitative estimate of drug-likeness (QED) is 0.108. The Morgan fingerprint density at radius 1 is 1.07 bits per heavy atom. The summed E-state index contributed by atoms with van der Waals surface area (Å²) in [5.74, 6) is 0.685. The lowest BCUT2D eigenvalue weighted by molar-refractivity contribution is -0.138. The van der Waals surface area contributed by atoms with Crippen molar-refractivity contribution < 1.29 is 19.2 Å². The Kier molecular flexibility index (Phi) is 11.7. The number of aliphatic carboxylic acids is 1. The number of rotatable bonds is 17. The maximum atomic E-state index is 13.8. The van der Waals surface area contributed by atoms with E-state index >= 15 is 0 Å². The van der Waals surface area contributed by atoms with E-state index in [2.05, 4.69) is 27.5 Å². The molecule has 8 heteroatoms. The maximum absolute atomic E-state index is 13.8. The summed E-state index contributed by atoms with van der Waals surface area (Å²) in [5, 5.41) is 17.7. The lowest BCUT2D eigenvalue weighted by Crippen LogP contribution is -2.37. The van der Waals surface area contributed by atoms with Crippen molar-refractivity contribution in [1.29, 1.82) is 0 Å². The van der Waals surface area contributed by atoms with Crippen LogP contribution in [0.4, 0.5) is 0 Å². The highest BCUT2D eigenvalue weighted by atomic mass is 31.2. The molecule has 2 aromatic carbocycles. The molecular weight excluding hydrogens is 521 g/mol. The van der Waals surface area contributed by atoms with E-state index < -0.39 is 19.3 Å². The van der Waals surface area contributed by atoms with Crippen molar-refractivity contribution in [2.75, 3.05) is 32.0 Å². The zero-order valence-corrected chi connectivity index (χ0v) is 24.8. The van der Waals surface area contributed by atoms with E-state index in [-0.39, 0.29) is 6.42 Å². The van der Waals surface area contributed by atoms with Gasteiger partial charge >= 0.3 is 5.97 Å². The highest BCUT2D eigenvalue weighted by Gasteiger charge is 2.29. The van der Waals surface area contributed by atoms with Crippen LogP contribution in [0.5, 0.6) is 5.75 Å². The fourth-order valence-corrected chi connectivity index (χ4v) is 8.43. The van der Waals surface area contributed by atoms with Crippen molar-refractivity contribution in [3.63, 3.8) is 0 Å². The second kappa shape index (κ2) is 15.4. The predicted octanol–water partition coefficient (Wildman–Crippen LogP) is 6.62. The van der Waals surface area contributed by atoms with Crippen molar-refractivity contribution in [2.24, 2.45) is 5.92 Å². The monoisotopic (exact) mass is 567 g/mol. The molecule has 0 bridgehead atoms. The van der Waals surface area contributed by atoms with Gasteiger partial charge < -0.3 is 24.7 Å². The summed E-state index contributed by atoms with van der Waals surface area (Å²) < 4.78 is 19.8. The summed E-state index contributed by atoms with van der Waals surface area (Å²) in [5.41, 5.74) is 3.19. The van der Waals surface area contributed by atoms with Crippen LogP contribution in [0.2, 0.25) is 0 Å². The van der Waals surface area contributed by atoms with E-state index in [1.807, 2.05) is 49.5 Å². The van der Waals surface area contributed by atoms with Gasteiger partial charge in [-0.15, -0.1) is 0 Å². The van der Waals surface area contributed by atoms with Crippen LogP contribution < -0.4 is 15.1 Å². The minimum atomic E-state index is -2.86. The normalized spacial score (nSPS) is 16.5. The Hall–Kier alpha value is -2.60. The van der Waals surface area contributed by atoms with Gasteiger partial charge in [0.25, 0.3) is 0 Å². The molecule has 3 aromatic rings. The number of aryl methyl sites for hydroxylation is 1. The number of hydrogen-bond acceptors (Lipinski definition) is 4. The highest BCUT2D eigenvalue weighted by molar-refractivity contribution is 7.61. The van der Waals surface area contributed by atoms with Gasteiger partial charge in [0.15, 0.2) is 0 Å². The molecule has 4 rings (SSSR count). The number of H-pyrrole nitrogens is 1. The van der Waals surface area contributed by atoms with E-state index in [9.17, 15) is 14.5 Å². The summed E-state index contributed by atoms with van der Waals surface area (Å²) in [6, 6.07) is 14.9. The van der Waals surface area contributed by atoms with E-state index in [1.54, 1.807) is 0 Å². The first kappa shape index (κ1) is 30.4. The molecule has 1 saturated heterocycles. The number of aromatic nitrogens is 1. The molecule has 0 radical (unpaired) electrons. The predicted molar refractivity (Wildman–Crippen MR) is 164 cm³/mol. The Morgan fingerprint density at radius 2 is 1.85 bits per heavy atom. The van der Waals surface area contributed by atoms with Crippen molar-refractivity contribution in [1.82, 2.24) is 15.4 Å². The molecule has 0 spiro atoms. The van der Waals surface area contributed by atoms with Gasteiger partial charge in [-0.05, 0) is 99.7 Å². The van der Waals surface area contributed by atoms with E-state index in [4.69, 9.17) is 4.74 Å². The standard InChI is InChI=1S/C32H46N3O4P/c1-2-21-40(38,22-7-9-27-24-34-30-11-4-3-10-29(27)30)35-31(32(36)37)23-26-12-14-28(15-13-26)39-20-6-5-8-25-16-18-33-19-17-25/h3-4,10-15,24-25,31,33-34H,2,5-9,16-23H2,1H3,(H,35,38)(H,36,37). The SMILES string of the molecule is CCCP(=O)(CCCc1c[nH]c2ccccc12)NC(Cc1ccc(OCCCCC2CCNCC2)cc1)C(=O)O. The zero-order valence-electron chi connectivity index (χ0n) is 23.9. The number of piperidine rings is 1. The summed E-state index contributed by atoms with van der Waals surface area (Å²) in [4.78, 5) is 15.5. The smallest absolute Gasteiger partial charge is 0.321 e. The number of unbranched alkanes of at least 4 members (excludes halogenated alkanes) is 1. The van der Waals surface area contributed by atoms with Crippen LogP contribution in [0.1, 0.15) is 63.0 Å². The van der Waals surface area contributed by atoms with Crippen LogP contribution in [-0.4, -0.2) is 54.1 Å². The fraction of sp³-hybridized carbons (Fsp3) is 0.531. The molecule has 0 aliphatic carbocycles. The average molecular weight is 568 g/mol. The molecule has 0 amide bonds. The lowest BCUT2D eigenvalue weighted by Gasteiger charge is -2.24. The number of hydrogen-bond donors (Lipinski definition) is 4. The van der Waals surface area contributed by atoms with E-state index in [0.717, 1.165) is 61.5 Å². The van der Waals surface area contributed by atoms with Gasteiger partial charge in [0.05, 0.1) is 6.61 Å². The molecule has 1 fully saturated rings. The number of fused-ring (bicyclic) bond motifs is 1. The molecule has 1 aliphatic rings. The number of carbonyl (C=O) groups is 1. The maximum Gasteiger partial charge on any atom is 0.321 e. The Balaban J connectivity index is 1.25. The highest BCUT2D eigenvalue weighted by Crippen LogP contribution is 2.43. The number of ether oxygens (including phenoxy) is 1. The Labute approximate surface area is 238 Å². The molecule has 218 valence electrons. The van der Waals surface area contributed by atoms with Crippen molar-refractivity contribution >= 4 is 24.2 Å². The number of aromatic amines is 1. The minimum absolute atomic E-state index is 0.280.